The largest absolute Gasteiger partial charge is 0.473 e. The molecule has 1 aromatic carbocycles. The van der Waals surface area contributed by atoms with E-state index in [1.54, 1.807) is 7.11 Å². The molecular weight excluding hydrogens is 262 g/mol. The van der Waals surface area contributed by atoms with Crippen LogP contribution in [-0.2, 0) is 0 Å². The van der Waals surface area contributed by atoms with E-state index in [1.807, 2.05) is 29.6 Å². The lowest BCUT2D eigenvalue weighted by molar-refractivity contribution is 0.412. The molecule has 0 saturated heterocycles. The van der Waals surface area contributed by atoms with E-state index in [4.69, 9.17) is 4.74 Å². The summed E-state index contributed by atoms with van der Waals surface area (Å²) in [5.74, 6) is 0. The van der Waals surface area contributed by atoms with Crippen molar-refractivity contribution in [2.24, 2.45) is 0 Å². The Labute approximate surface area is 94.7 Å². The number of hydrogen-bond acceptors (Lipinski definition) is 3. The topological polar surface area (TPSA) is 22.1 Å². The van der Waals surface area contributed by atoms with Crippen molar-refractivity contribution < 1.29 is 4.74 Å². The van der Waals surface area contributed by atoms with Crippen molar-refractivity contribution in [3.05, 3.63) is 34.1 Å². The molecule has 0 unspecified atom stereocenters. The fourth-order valence-corrected chi connectivity index (χ4v) is 2.27. The van der Waals surface area contributed by atoms with Crippen LogP contribution in [0.1, 0.15) is 0 Å². The van der Waals surface area contributed by atoms with Gasteiger partial charge in [0.15, 0.2) is 0 Å². The average molecular weight is 270 g/mol. The van der Waals surface area contributed by atoms with E-state index in [1.165, 1.54) is 11.3 Å². The van der Waals surface area contributed by atoms with Gasteiger partial charge in [-0.2, -0.15) is 0 Å². The molecule has 4 heteroatoms. The minimum atomic E-state index is 0.691. The van der Waals surface area contributed by atoms with E-state index < -0.39 is 0 Å². The summed E-state index contributed by atoms with van der Waals surface area (Å²) >= 11 is 4.99. The molecule has 0 aliphatic rings. The highest BCUT2D eigenvalue weighted by atomic mass is 79.9. The van der Waals surface area contributed by atoms with Crippen molar-refractivity contribution in [3.63, 3.8) is 0 Å². The number of benzene rings is 1. The highest BCUT2D eigenvalue weighted by Gasteiger charge is 2.06. The van der Waals surface area contributed by atoms with Crippen LogP contribution in [0.3, 0.4) is 0 Å². The van der Waals surface area contributed by atoms with Crippen LogP contribution in [0.5, 0.6) is 5.19 Å². The van der Waals surface area contributed by atoms with Crippen LogP contribution in [0.15, 0.2) is 34.1 Å². The summed E-state index contributed by atoms with van der Waals surface area (Å²) in [6, 6.07) is 8.00. The Kier molecular flexibility index (Phi) is 2.84. The molecule has 0 atom stereocenters. The van der Waals surface area contributed by atoms with Crippen LogP contribution in [0, 0.1) is 0 Å². The molecule has 0 N–H and O–H groups in total. The SMILES string of the molecule is COc1nc(-c2ccccc2Br)cs1. The molecule has 2 rings (SSSR count). The smallest absolute Gasteiger partial charge is 0.273 e. The van der Waals surface area contributed by atoms with Crippen molar-refractivity contribution in [2.45, 2.75) is 0 Å². The monoisotopic (exact) mass is 269 g/mol. The molecular formula is C10H8BrNOS. The van der Waals surface area contributed by atoms with Crippen molar-refractivity contribution in [3.8, 4) is 16.5 Å². The molecule has 72 valence electrons. The molecule has 1 heterocycles. The van der Waals surface area contributed by atoms with Crippen molar-refractivity contribution in [2.75, 3.05) is 7.11 Å². The zero-order valence-corrected chi connectivity index (χ0v) is 9.93. The second kappa shape index (κ2) is 4.11. The summed E-state index contributed by atoms with van der Waals surface area (Å²) in [5.41, 5.74) is 2.03. The number of rotatable bonds is 2. The lowest BCUT2D eigenvalue weighted by atomic mass is 10.2. The predicted molar refractivity (Wildman–Crippen MR) is 61.8 cm³/mol. The van der Waals surface area contributed by atoms with Gasteiger partial charge in [0, 0.05) is 15.4 Å². The standard InChI is InChI=1S/C10H8BrNOS/c1-13-10-12-9(6-14-10)7-4-2-3-5-8(7)11/h2-6H,1H3. The summed E-state index contributed by atoms with van der Waals surface area (Å²) in [6.07, 6.45) is 0. The van der Waals surface area contributed by atoms with Crippen LogP contribution in [0.4, 0.5) is 0 Å². The molecule has 0 aliphatic heterocycles. The van der Waals surface area contributed by atoms with Gasteiger partial charge in [-0.25, -0.2) is 4.98 Å². The summed E-state index contributed by atoms with van der Waals surface area (Å²) in [7, 11) is 1.63. The van der Waals surface area contributed by atoms with Gasteiger partial charge in [-0.05, 0) is 6.07 Å². The molecule has 0 bridgehead atoms. The Morgan fingerprint density at radius 2 is 2.14 bits per heavy atom. The van der Waals surface area contributed by atoms with Crippen molar-refractivity contribution in [1.29, 1.82) is 0 Å². The van der Waals surface area contributed by atoms with E-state index >= 15 is 0 Å². The van der Waals surface area contributed by atoms with Gasteiger partial charge in [-0.3, -0.25) is 0 Å². The summed E-state index contributed by atoms with van der Waals surface area (Å²) < 4.78 is 6.10. The highest BCUT2D eigenvalue weighted by molar-refractivity contribution is 9.10. The summed E-state index contributed by atoms with van der Waals surface area (Å²) in [6.45, 7) is 0. The van der Waals surface area contributed by atoms with E-state index in [9.17, 15) is 0 Å². The van der Waals surface area contributed by atoms with Gasteiger partial charge >= 0.3 is 0 Å². The third-order valence-corrected chi connectivity index (χ3v) is 3.30. The van der Waals surface area contributed by atoms with Crippen LogP contribution >= 0.6 is 27.3 Å². The predicted octanol–water partition coefficient (Wildman–Crippen LogP) is 3.58. The number of ether oxygens (including phenoxy) is 1. The molecule has 1 aromatic heterocycles. The number of nitrogens with zero attached hydrogens (tertiary/aromatic N) is 1. The normalized spacial score (nSPS) is 10.1. The Morgan fingerprint density at radius 1 is 1.36 bits per heavy atom. The van der Waals surface area contributed by atoms with Crippen molar-refractivity contribution >= 4 is 27.3 Å². The van der Waals surface area contributed by atoms with Crippen LogP contribution in [-0.4, -0.2) is 12.1 Å². The third kappa shape index (κ3) is 1.81. The molecule has 0 aliphatic carbocycles. The minimum absolute atomic E-state index is 0.691. The second-order valence-electron chi connectivity index (χ2n) is 2.68. The zero-order valence-electron chi connectivity index (χ0n) is 7.53. The van der Waals surface area contributed by atoms with Crippen LogP contribution in [0.25, 0.3) is 11.3 Å². The molecule has 2 aromatic rings. The lowest BCUT2D eigenvalue weighted by Gasteiger charge is -1.98. The number of hydrogen-bond donors (Lipinski definition) is 0. The lowest BCUT2D eigenvalue weighted by Crippen LogP contribution is -1.82. The molecule has 0 amide bonds. The third-order valence-electron chi connectivity index (χ3n) is 1.81. The number of aromatic nitrogens is 1. The van der Waals surface area contributed by atoms with Gasteiger partial charge in [0.05, 0.1) is 12.8 Å². The fraction of sp³-hybridized carbons (Fsp3) is 0.100. The first-order chi connectivity index (χ1) is 6.81. The van der Waals surface area contributed by atoms with E-state index in [0.717, 1.165) is 15.7 Å². The maximum Gasteiger partial charge on any atom is 0.273 e. The molecule has 0 spiro atoms. The molecule has 0 saturated carbocycles. The maximum atomic E-state index is 5.05. The minimum Gasteiger partial charge on any atom is -0.473 e. The van der Waals surface area contributed by atoms with Gasteiger partial charge in [0.25, 0.3) is 5.19 Å². The van der Waals surface area contributed by atoms with Crippen LogP contribution < -0.4 is 4.74 Å². The van der Waals surface area contributed by atoms with Crippen LogP contribution in [0.2, 0.25) is 0 Å². The number of methoxy groups -OCH3 is 1. The Balaban J connectivity index is 2.44. The summed E-state index contributed by atoms with van der Waals surface area (Å²) in [4.78, 5) is 4.33. The van der Waals surface area contributed by atoms with Gasteiger partial charge in [-0.1, -0.05) is 45.5 Å². The number of halogens is 1. The van der Waals surface area contributed by atoms with E-state index in [2.05, 4.69) is 20.9 Å². The first kappa shape index (κ1) is 9.68. The zero-order chi connectivity index (χ0) is 9.97. The average Bonchev–Trinajstić information content (AvgIpc) is 2.67. The van der Waals surface area contributed by atoms with Crippen molar-refractivity contribution in [1.82, 2.24) is 4.98 Å². The number of thiazole rings is 1. The molecule has 14 heavy (non-hydrogen) atoms. The van der Waals surface area contributed by atoms with Gasteiger partial charge in [0.1, 0.15) is 0 Å². The first-order valence-electron chi connectivity index (χ1n) is 4.05. The molecule has 2 nitrogen and oxygen atoms in total. The summed E-state index contributed by atoms with van der Waals surface area (Å²) in [5, 5.41) is 2.68. The molecule has 0 fully saturated rings. The first-order valence-corrected chi connectivity index (χ1v) is 5.73. The maximum absolute atomic E-state index is 5.05. The fourth-order valence-electron chi connectivity index (χ4n) is 1.14. The Hall–Kier alpha value is -0.870. The van der Waals surface area contributed by atoms with E-state index in [-0.39, 0.29) is 0 Å². The second-order valence-corrected chi connectivity index (χ2v) is 4.36. The van der Waals surface area contributed by atoms with Gasteiger partial charge in [-0.15, -0.1) is 0 Å². The van der Waals surface area contributed by atoms with E-state index in [0.29, 0.717) is 5.19 Å². The quantitative estimate of drug-likeness (QED) is 0.832. The van der Waals surface area contributed by atoms with Gasteiger partial charge in [0.2, 0.25) is 0 Å². The Bertz CT molecular complexity index is 441. The van der Waals surface area contributed by atoms with Gasteiger partial charge < -0.3 is 4.74 Å². The highest BCUT2D eigenvalue weighted by Crippen LogP contribution is 2.30. The molecule has 0 radical (unpaired) electrons. The Morgan fingerprint density at radius 3 is 2.79 bits per heavy atom.